The summed E-state index contributed by atoms with van der Waals surface area (Å²) in [6, 6.07) is 0. The molecule has 0 aromatic heterocycles. The average Bonchev–Trinajstić information content (AvgIpc) is 2.17. The van der Waals surface area contributed by atoms with Gasteiger partial charge in [0.25, 0.3) is 0 Å². The highest BCUT2D eigenvalue weighted by Crippen LogP contribution is 2.18. The van der Waals surface area contributed by atoms with Gasteiger partial charge in [0.2, 0.25) is 5.91 Å². The van der Waals surface area contributed by atoms with Crippen LogP contribution in [0.5, 0.6) is 0 Å². The lowest BCUT2D eigenvalue weighted by molar-refractivity contribution is -0.148. The fourth-order valence-electron chi connectivity index (χ4n) is 0.894. The van der Waals surface area contributed by atoms with Crippen LogP contribution in [0.15, 0.2) is 0 Å². The number of rotatable bonds is 1. The van der Waals surface area contributed by atoms with Crippen molar-refractivity contribution in [3.8, 4) is 0 Å². The van der Waals surface area contributed by atoms with Crippen LogP contribution in [0, 0.1) is 0 Å². The minimum Gasteiger partial charge on any atom is -0.387 e. The largest absolute Gasteiger partial charge is 0.387 e. The minimum atomic E-state index is -1.54. The Morgan fingerprint density at radius 2 is 1.82 bits per heavy atom. The standard InChI is InChI=1S/C5H9NO5/c6-4(9)3-1(7)2(8)5(10)11-3/h1-3,5,7-8,10H,(H2,6,9)/t1-,2+,3-,5+/m0/s1. The van der Waals surface area contributed by atoms with Crippen LogP contribution < -0.4 is 5.73 Å². The highest BCUT2D eigenvalue weighted by Gasteiger charge is 2.44. The molecule has 6 nitrogen and oxygen atoms in total. The third-order valence-electron chi connectivity index (χ3n) is 1.52. The summed E-state index contributed by atoms with van der Waals surface area (Å²) in [6.07, 6.45) is -5.77. The third kappa shape index (κ3) is 1.33. The lowest BCUT2D eigenvalue weighted by Crippen LogP contribution is -2.39. The van der Waals surface area contributed by atoms with Gasteiger partial charge in [-0.25, -0.2) is 0 Å². The van der Waals surface area contributed by atoms with E-state index in [4.69, 9.17) is 21.1 Å². The van der Waals surface area contributed by atoms with E-state index < -0.39 is 30.5 Å². The molecule has 1 aliphatic rings. The molecule has 0 aliphatic carbocycles. The second kappa shape index (κ2) is 2.74. The second-order valence-corrected chi connectivity index (χ2v) is 2.33. The Bertz CT molecular complexity index is 172. The molecule has 0 radical (unpaired) electrons. The Morgan fingerprint density at radius 3 is 2.00 bits per heavy atom. The number of hydrogen-bond acceptors (Lipinski definition) is 5. The highest BCUT2D eigenvalue weighted by molar-refractivity contribution is 5.80. The SMILES string of the molecule is NC(=O)[C@H]1O[C@@H](O)[C@H](O)[C@@H]1O. The van der Waals surface area contributed by atoms with Gasteiger partial charge >= 0.3 is 0 Å². The van der Waals surface area contributed by atoms with Crippen molar-refractivity contribution in [2.45, 2.75) is 24.6 Å². The van der Waals surface area contributed by atoms with Crippen LogP contribution >= 0.6 is 0 Å². The van der Waals surface area contributed by atoms with E-state index in [1.54, 1.807) is 0 Å². The number of aliphatic hydroxyl groups is 3. The van der Waals surface area contributed by atoms with Crippen molar-refractivity contribution < 1.29 is 24.9 Å². The maximum atomic E-state index is 10.4. The molecule has 0 saturated carbocycles. The Morgan fingerprint density at radius 1 is 1.27 bits per heavy atom. The van der Waals surface area contributed by atoms with E-state index in [2.05, 4.69) is 4.74 Å². The zero-order valence-electron chi connectivity index (χ0n) is 5.54. The minimum absolute atomic E-state index is 0.909. The fourth-order valence-corrected chi connectivity index (χ4v) is 0.894. The van der Waals surface area contributed by atoms with Gasteiger partial charge < -0.3 is 25.8 Å². The van der Waals surface area contributed by atoms with E-state index in [9.17, 15) is 4.79 Å². The molecule has 1 saturated heterocycles. The van der Waals surface area contributed by atoms with E-state index in [1.807, 2.05) is 0 Å². The van der Waals surface area contributed by atoms with Gasteiger partial charge in [-0.15, -0.1) is 0 Å². The molecule has 1 heterocycles. The molecular formula is C5H9NO5. The molecule has 0 unspecified atom stereocenters. The van der Waals surface area contributed by atoms with Crippen molar-refractivity contribution in [3.05, 3.63) is 0 Å². The molecule has 1 rings (SSSR count). The summed E-state index contributed by atoms with van der Waals surface area (Å²) in [5, 5.41) is 26.6. The van der Waals surface area contributed by atoms with Gasteiger partial charge in [0.05, 0.1) is 0 Å². The molecule has 0 aromatic carbocycles. The quantitative estimate of drug-likeness (QED) is 0.327. The third-order valence-corrected chi connectivity index (χ3v) is 1.52. The van der Waals surface area contributed by atoms with Crippen molar-refractivity contribution >= 4 is 5.91 Å². The van der Waals surface area contributed by atoms with Crippen molar-refractivity contribution in [1.82, 2.24) is 0 Å². The summed E-state index contributed by atoms with van der Waals surface area (Å²) >= 11 is 0. The van der Waals surface area contributed by atoms with Gasteiger partial charge in [-0.1, -0.05) is 0 Å². The van der Waals surface area contributed by atoms with Gasteiger partial charge in [-0.3, -0.25) is 4.79 Å². The number of carbonyl (C=O) groups is 1. The maximum absolute atomic E-state index is 10.4. The first-order chi connectivity index (χ1) is 5.04. The number of aliphatic hydroxyl groups excluding tert-OH is 3. The Labute approximate surface area is 62.2 Å². The van der Waals surface area contributed by atoms with Crippen LogP contribution in [0.4, 0.5) is 0 Å². The first-order valence-corrected chi connectivity index (χ1v) is 3.03. The number of ether oxygens (including phenoxy) is 1. The molecule has 1 aliphatic heterocycles. The van der Waals surface area contributed by atoms with Crippen LogP contribution in [0.2, 0.25) is 0 Å². The van der Waals surface area contributed by atoms with E-state index in [0.717, 1.165) is 0 Å². The maximum Gasteiger partial charge on any atom is 0.249 e. The first-order valence-electron chi connectivity index (χ1n) is 3.03. The van der Waals surface area contributed by atoms with Crippen LogP contribution in [-0.2, 0) is 9.53 Å². The molecule has 64 valence electrons. The molecule has 0 aromatic rings. The fraction of sp³-hybridized carbons (Fsp3) is 0.800. The summed E-state index contributed by atoms with van der Waals surface area (Å²) < 4.78 is 4.43. The Hall–Kier alpha value is -0.690. The number of amides is 1. The lowest BCUT2D eigenvalue weighted by Gasteiger charge is -2.09. The molecule has 0 spiro atoms. The predicted octanol–water partition coefficient (Wildman–Crippen LogP) is -3.09. The molecular weight excluding hydrogens is 154 g/mol. The molecule has 11 heavy (non-hydrogen) atoms. The van der Waals surface area contributed by atoms with Crippen molar-refractivity contribution in [3.63, 3.8) is 0 Å². The van der Waals surface area contributed by atoms with Crippen molar-refractivity contribution in [2.75, 3.05) is 0 Å². The molecule has 4 atom stereocenters. The summed E-state index contributed by atoms with van der Waals surface area (Å²) in [4.78, 5) is 10.4. The Kier molecular flexibility index (Phi) is 2.10. The van der Waals surface area contributed by atoms with Crippen molar-refractivity contribution in [1.29, 1.82) is 0 Å². The predicted molar refractivity (Wildman–Crippen MR) is 32.1 cm³/mol. The summed E-state index contributed by atoms with van der Waals surface area (Å²) in [5.74, 6) is -0.909. The number of primary amides is 1. The normalized spacial score (nSPS) is 44.3. The summed E-state index contributed by atoms with van der Waals surface area (Å²) in [6.45, 7) is 0. The smallest absolute Gasteiger partial charge is 0.249 e. The van der Waals surface area contributed by atoms with Crippen LogP contribution in [0.3, 0.4) is 0 Å². The van der Waals surface area contributed by atoms with Crippen LogP contribution in [0.1, 0.15) is 0 Å². The van der Waals surface area contributed by atoms with E-state index in [1.165, 1.54) is 0 Å². The zero-order chi connectivity index (χ0) is 8.59. The molecule has 1 fully saturated rings. The number of hydrogen-bond donors (Lipinski definition) is 4. The van der Waals surface area contributed by atoms with Gasteiger partial charge in [-0.05, 0) is 0 Å². The summed E-state index contributed by atoms with van der Waals surface area (Å²) in [5.41, 5.74) is 4.77. The van der Waals surface area contributed by atoms with E-state index in [0.29, 0.717) is 0 Å². The van der Waals surface area contributed by atoms with E-state index >= 15 is 0 Å². The van der Waals surface area contributed by atoms with Crippen LogP contribution in [0.25, 0.3) is 0 Å². The molecule has 0 bridgehead atoms. The van der Waals surface area contributed by atoms with E-state index in [-0.39, 0.29) is 0 Å². The van der Waals surface area contributed by atoms with Crippen molar-refractivity contribution in [2.24, 2.45) is 5.73 Å². The van der Waals surface area contributed by atoms with Gasteiger partial charge in [-0.2, -0.15) is 0 Å². The van der Waals surface area contributed by atoms with Crippen LogP contribution in [-0.4, -0.2) is 45.8 Å². The Balaban J connectivity index is 2.67. The zero-order valence-corrected chi connectivity index (χ0v) is 5.54. The molecule has 5 N–H and O–H groups in total. The topological polar surface area (TPSA) is 113 Å². The first kappa shape index (κ1) is 8.41. The van der Waals surface area contributed by atoms with Gasteiger partial charge in [0.1, 0.15) is 12.2 Å². The van der Waals surface area contributed by atoms with Gasteiger partial charge in [0.15, 0.2) is 12.4 Å². The molecule has 6 heteroatoms. The van der Waals surface area contributed by atoms with Gasteiger partial charge in [0, 0.05) is 0 Å². The summed E-state index contributed by atoms with van der Waals surface area (Å²) in [7, 11) is 0. The highest BCUT2D eigenvalue weighted by atomic mass is 16.6. The number of carbonyl (C=O) groups excluding carboxylic acids is 1. The average molecular weight is 163 g/mol. The lowest BCUT2D eigenvalue weighted by atomic mass is 10.1. The molecule has 1 amide bonds. The monoisotopic (exact) mass is 163 g/mol. The second-order valence-electron chi connectivity index (χ2n) is 2.33. The number of nitrogens with two attached hydrogens (primary N) is 1.